The van der Waals surface area contributed by atoms with Crippen LogP contribution in [0.15, 0.2) is 130 Å². The zero-order valence-electron chi connectivity index (χ0n) is 27.7. The van der Waals surface area contributed by atoms with Crippen LogP contribution in [0.4, 0.5) is 0 Å². The largest absolute Gasteiger partial charge is 0.295 e. The number of hydrogen-bond donors (Lipinski definition) is 0. The van der Waals surface area contributed by atoms with Gasteiger partial charge in [0.15, 0.2) is 5.78 Å². The van der Waals surface area contributed by atoms with E-state index in [-0.39, 0.29) is 11.2 Å². The van der Waals surface area contributed by atoms with E-state index in [0.717, 1.165) is 24.0 Å². The second-order valence-electron chi connectivity index (χ2n) is 12.5. The SMILES string of the molecule is CC(C)=CCCC(C)C/C=C/C(C)=C/C=C/C(C)=C/C=C/C=C(C)/C=C/C=C(C)/C=C/C1=C(C)C(=O)CCC1(C)C. The number of carbonyl (C=O) groups excluding carboxylic acids is 1. The van der Waals surface area contributed by atoms with Gasteiger partial charge in [-0.1, -0.05) is 140 Å². The van der Waals surface area contributed by atoms with E-state index in [4.69, 9.17) is 0 Å². The molecule has 0 aliphatic heterocycles. The van der Waals surface area contributed by atoms with Crippen molar-refractivity contribution in [1.29, 1.82) is 0 Å². The summed E-state index contributed by atoms with van der Waals surface area (Å²) in [4.78, 5) is 12.1. The van der Waals surface area contributed by atoms with Crippen LogP contribution in [0, 0.1) is 11.3 Å². The van der Waals surface area contributed by atoms with E-state index in [9.17, 15) is 4.79 Å². The van der Waals surface area contributed by atoms with E-state index in [2.05, 4.69) is 153 Å². The molecule has 1 rings (SSSR count). The number of carbonyl (C=O) groups is 1. The van der Waals surface area contributed by atoms with E-state index in [0.29, 0.717) is 12.3 Å². The van der Waals surface area contributed by atoms with Crippen molar-refractivity contribution in [3.05, 3.63) is 130 Å². The lowest BCUT2D eigenvalue weighted by Crippen LogP contribution is -2.24. The third kappa shape index (κ3) is 16.0. The fourth-order valence-corrected chi connectivity index (χ4v) is 4.57. The smallest absolute Gasteiger partial charge is 0.158 e. The number of Topliss-reactive ketones (excluding diaryl/α,β-unsaturated/α-hetero) is 1. The van der Waals surface area contributed by atoms with Crippen LogP contribution in [0.3, 0.4) is 0 Å². The molecule has 0 amide bonds. The van der Waals surface area contributed by atoms with E-state index in [1.807, 2.05) is 6.92 Å². The van der Waals surface area contributed by atoms with Crippen LogP contribution in [0.1, 0.15) is 101 Å². The summed E-state index contributed by atoms with van der Waals surface area (Å²) in [5, 5.41) is 0. The van der Waals surface area contributed by atoms with Gasteiger partial charge in [0, 0.05) is 6.42 Å². The maximum atomic E-state index is 12.1. The summed E-state index contributed by atoms with van der Waals surface area (Å²) in [6, 6.07) is 0. The van der Waals surface area contributed by atoms with E-state index >= 15 is 0 Å². The van der Waals surface area contributed by atoms with Gasteiger partial charge in [-0.05, 0) is 96.6 Å². The first-order valence-electron chi connectivity index (χ1n) is 15.3. The van der Waals surface area contributed by atoms with Crippen molar-refractivity contribution in [1.82, 2.24) is 0 Å². The summed E-state index contributed by atoms with van der Waals surface area (Å²) in [7, 11) is 0. The maximum absolute atomic E-state index is 12.1. The first-order chi connectivity index (χ1) is 19.3. The summed E-state index contributed by atoms with van der Waals surface area (Å²) in [5.74, 6) is 0.996. The Morgan fingerprint density at radius 2 is 1.29 bits per heavy atom. The summed E-state index contributed by atoms with van der Waals surface area (Å²) in [5.41, 5.74) is 8.37. The van der Waals surface area contributed by atoms with Gasteiger partial charge in [0.25, 0.3) is 0 Å². The lowest BCUT2D eigenvalue weighted by molar-refractivity contribution is -0.116. The van der Waals surface area contributed by atoms with Gasteiger partial charge in [0.2, 0.25) is 0 Å². The molecule has 1 aliphatic rings. The Balaban J connectivity index is 2.57. The number of ketones is 1. The van der Waals surface area contributed by atoms with Crippen molar-refractivity contribution in [3.63, 3.8) is 0 Å². The number of rotatable bonds is 14. The second kappa shape index (κ2) is 19.0. The van der Waals surface area contributed by atoms with Gasteiger partial charge in [0.1, 0.15) is 0 Å². The quantitative estimate of drug-likeness (QED) is 0.155. The first-order valence-corrected chi connectivity index (χ1v) is 15.3. The molecule has 0 fully saturated rings. The minimum atomic E-state index is 0.0512. The fourth-order valence-electron chi connectivity index (χ4n) is 4.57. The van der Waals surface area contributed by atoms with Crippen LogP contribution in [-0.4, -0.2) is 5.78 Å². The topological polar surface area (TPSA) is 17.1 Å². The highest BCUT2D eigenvalue weighted by atomic mass is 16.1. The molecule has 0 N–H and O–H groups in total. The molecular formula is C40H56O. The number of hydrogen-bond acceptors (Lipinski definition) is 1. The highest BCUT2D eigenvalue weighted by Gasteiger charge is 2.30. The molecule has 0 heterocycles. The van der Waals surface area contributed by atoms with Crippen LogP contribution in [-0.2, 0) is 4.79 Å². The van der Waals surface area contributed by atoms with Crippen LogP contribution in [0.25, 0.3) is 0 Å². The molecule has 0 bridgehead atoms. The summed E-state index contributed by atoms with van der Waals surface area (Å²) < 4.78 is 0. The van der Waals surface area contributed by atoms with E-state index in [1.165, 1.54) is 40.7 Å². The average molecular weight is 553 g/mol. The van der Waals surface area contributed by atoms with Crippen molar-refractivity contribution < 1.29 is 4.79 Å². The van der Waals surface area contributed by atoms with E-state index < -0.39 is 0 Å². The van der Waals surface area contributed by atoms with Crippen LogP contribution in [0.2, 0.25) is 0 Å². The minimum absolute atomic E-state index is 0.0512. The number of allylic oxidation sites excluding steroid dienone is 22. The molecule has 0 saturated heterocycles. The third-order valence-electron chi connectivity index (χ3n) is 7.44. The lowest BCUT2D eigenvalue weighted by Gasteiger charge is -2.32. The molecule has 0 saturated carbocycles. The van der Waals surface area contributed by atoms with Gasteiger partial charge in [-0.25, -0.2) is 0 Å². The molecule has 222 valence electrons. The van der Waals surface area contributed by atoms with Crippen molar-refractivity contribution in [2.75, 3.05) is 0 Å². The molecule has 1 nitrogen and oxygen atoms in total. The predicted octanol–water partition coefficient (Wildman–Crippen LogP) is 12.0. The molecule has 0 radical (unpaired) electrons. The fraction of sp³-hybridized carbons (Fsp3) is 0.425. The zero-order valence-corrected chi connectivity index (χ0v) is 27.7. The van der Waals surface area contributed by atoms with Crippen molar-refractivity contribution in [3.8, 4) is 0 Å². The highest BCUT2D eigenvalue weighted by molar-refractivity contribution is 5.97. The summed E-state index contributed by atoms with van der Waals surface area (Å²) >= 11 is 0. The molecule has 1 atom stereocenters. The molecule has 0 aromatic heterocycles. The van der Waals surface area contributed by atoms with Gasteiger partial charge < -0.3 is 0 Å². The maximum Gasteiger partial charge on any atom is 0.158 e. The van der Waals surface area contributed by atoms with Crippen molar-refractivity contribution in [2.24, 2.45) is 11.3 Å². The summed E-state index contributed by atoms with van der Waals surface area (Å²) in [6.45, 7) is 21.5. The Kier molecular flexibility index (Phi) is 16.6. The normalized spacial score (nSPS) is 18.7. The van der Waals surface area contributed by atoms with Crippen LogP contribution >= 0.6 is 0 Å². The van der Waals surface area contributed by atoms with Gasteiger partial charge in [-0.15, -0.1) is 0 Å². The molecule has 1 heteroatoms. The zero-order chi connectivity index (χ0) is 30.8. The van der Waals surface area contributed by atoms with Gasteiger partial charge in [-0.3, -0.25) is 4.79 Å². The summed E-state index contributed by atoms with van der Waals surface area (Å²) in [6.07, 6.45) is 37.4. The Bertz CT molecular complexity index is 1200. The van der Waals surface area contributed by atoms with Gasteiger partial charge in [-0.2, -0.15) is 0 Å². The second-order valence-corrected chi connectivity index (χ2v) is 12.5. The van der Waals surface area contributed by atoms with Gasteiger partial charge in [0.05, 0.1) is 0 Å². The van der Waals surface area contributed by atoms with Crippen LogP contribution < -0.4 is 0 Å². The molecular weight excluding hydrogens is 496 g/mol. The molecule has 0 spiro atoms. The van der Waals surface area contributed by atoms with Gasteiger partial charge >= 0.3 is 0 Å². The molecule has 41 heavy (non-hydrogen) atoms. The lowest BCUT2D eigenvalue weighted by atomic mass is 9.72. The van der Waals surface area contributed by atoms with E-state index in [1.54, 1.807) is 0 Å². The molecule has 0 aromatic rings. The van der Waals surface area contributed by atoms with Crippen molar-refractivity contribution >= 4 is 5.78 Å². The Labute approximate surface area is 253 Å². The monoisotopic (exact) mass is 552 g/mol. The van der Waals surface area contributed by atoms with Crippen molar-refractivity contribution in [2.45, 2.75) is 101 Å². The highest BCUT2D eigenvalue weighted by Crippen LogP contribution is 2.39. The minimum Gasteiger partial charge on any atom is -0.295 e. The standard InChI is InChI=1S/C40H56O/c1-31(2)17-13-20-34(5)23-15-25-35(6)24-14-21-32(3)18-11-12-19-33(4)22-16-26-36(7)27-28-38-37(8)39(41)29-30-40(38,9)10/h11-12,14-19,21-22,24-28,34H,13,20,23,29-30H2,1-10H3/b12-11+,21-14+,22-16+,25-15+,28-27+,32-18+,33-19+,35-24+,36-26+. The molecule has 1 unspecified atom stereocenters. The van der Waals surface area contributed by atoms with Crippen LogP contribution in [0.5, 0.6) is 0 Å². The Morgan fingerprint density at radius 1 is 0.780 bits per heavy atom. The first kappa shape index (κ1) is 35.8. The Morgan fingerprint density at radius 3 is 1.85 bits per heavy atom. The molecule has 1 aliphatic carbocycles. The Hall–Kier alpha value is -3.19. The average Bonchev–Trinajstić information content (AvgIpc) is 2.88. The predicted molar refractivity (Wildman–Crippen MR) is 184 cm³/mol. The molecule has 0 aromatic carbocycles. The third-order valence-corrected chi connectivity index (χ3v) is 7.44.